The first-order valence-electron chi connectivity index (χ1n) is 10.1. The van der Waals surface area contributed by atoms with Crippen molar-refractivity contribution in [3.8, 4) is 0 Å². The lowest BCUT2D eigenvalue weighted by Gasteiger charge is -2.28. The van der Waals surface area contributed by atoms with Gasteiger partial charge in [-0.25, -0.2) is 0 Å². The second-order valence-corrected chi connectivity index (χ2v) is 10.2. The Kier molecular flexibility index (Phi) is 8.47. The molecule has 0 saturated heterocycles. The van der Waals surface area contributed by atoms with Gasteiger partial charge < -0.3 is 20.1 Å². The van der Waals surface area contributed by atoms with Gasteiger partial charge in [0.1, 0.15) is 0 Å². The van der Waals surface area contributed by atoms with E-state index in [1.54, 1.807) is 0 Å². The minimum absolute atomic E-state index is 0.0253. The number of para-hydroxylation sites is 1. The van der Waals surface area contributed by atoms with Crippen LogP contribution in [0, 0.1) is 5.92 Å². The summed E-state index contributed by atoms with van der Waals surface area (Å²) in [6, 6.07) is 7.67. The van der Waals surface area contributed by atoms with Crippen molar-refractivity contribution in [3.05, 3.63) is 36.0 Å². The van der Waals surface area contributed by atoms with Crippen LogP contribution in [0.2, 0.25) is 0 Å². The minimum Gasteiger partial charge on any atom is -0.481 e. The summed E-state index contributed by atoms with van der Waals surface area (Å²) in [6.07, 6.45) is 4.38. The van der Waals surface area contributed by atoms with Crippen LogP contribution in [0.5, 0.6) is 0 Å². The third kappa shape index (κ3) is 6.44. The van der Waals surface area contributed by atoms with E-state index < -0.39 is 30.9 Å². The highest BCUT2D eigenvalue weighted by atomic mass is 31.2. The highest BCUT2D eigenvalue weighted by Crippen LogP contribution is 2.53. The number of unbranched alkanes of at least 4 members (excludes halogenated alkanes) is 2. The summed E-state index contributed by atoms with van der Waals surface area (Å²) in [7, 11) is -3.82. The number of aryl methyl sites for hydroxylation is 1. The molecule has 3 atom stereocenters. The summed E-state index contributed by atoms with van der Waals surface area (Å²) < 4.78 is 13.3. The zero-order valence-electron chi connectivity index (χ0n) is 16.7. The van der Waals surface area contributed by atoms with E-state index in [0.29, 0.717) is 19.3 Å². The number of nitrogens with one attached hydrogen (secondary N) is 1. The molecule has 0 saturated carbocycles. The van der Waals surface area contributed by atoms with Crippen molar-refractivity contribution < 1.29 is 29.3 Å². The summed E-state index contributed by atoms with van der Waals surface area (Å²) in [5.74, 6) is -3.44. The van der Waals surface area contributed by atoms with E-state index in [2.05, 4.69) is 4.98 Å². The average molecular weight is 423 g/mol. The van der Waals surface area contributed by atoms with E-state index in [1.165, 1.54) is 0 Å². The predicted octanol–water partition coefficient (Wildman–Crippen LogP) is 4.50. The molecule has 0 amide bonds. The molecule has 2 aromatic rings. The number of H-pyrrole nitrogens is 1. The van der Waals surface area contributed by atoms with E-state index >= 15 is 0 Å². The number of hydrogen-bond donors (Lipinski definition) is 4. The number of benzene rings is 1. The monoisotopic (exact) mass is 423 g/mol. The molecule has 1 aromatic carbocycles. The molecule has 0 bridgehead atoms. The molecule has 1 heterocycles. The molecular weight excluding hydrogens is 393 g/mol. The lowest BCUT2D eigenvalue weighted by molar-refractivity contribution is -0.143. The normalized spacial score (nSPS) is 15.7. The Bertz CT molecular complexity index is 877. The number of aliphatic carboxylic acids is 2. The molecule has 8 heteroatoms. The lowest BCUT2D eigenvalue weighted by atomic mass is 9.95. The fourth-order valence-electron chi connectivity index (χ4n) is 3.83. The molecule has 0 spiro atoms. The molecule has 7 nitrogen and oxygen atoms in total. The molecule has 0 aliphatic carbocycles. The zero-order valence-corrected chi connectivity index (χ0v) is 17.6. The van der Waals surface area contributed by atoms with Crippen LogP contribution >= 0.6 is 7.37 Å². The smallest absolute Gasteiger partial charge is 0.307 e. The first-order chi connectivity index (χ1) is 13.8. The van der Waals surface area contributed by atoms with Crippen LogP contribution in [0.25, 0.3) is 10.9 Å². The Labute approximate surface area is 170 Å². The molecule has 29 heavy (non-hydrogen) atoms. The number of carboxylic acid groups (broad SMARTS) is 2. The van der Waals surface area contributed by atoms with E-state index in [-0.39, 0.29) is 19.0 Å². The SMILES string of the molecule is CCCCCC(C(CCC(=O)O)C(=O)O)P(=O)(O)CCc1c[nH]c2ccccc12. The number of aromatic nitrogens is 1. The van der Waals surface area contributed by atoms with E-state index in [1.807, 2.05) is 37.4 Å². The molecule has 2 rings (SSSR count). The van der Waals surface area contributed by atoms with Gasteiger partial charge in [-0.3, -0.25) is 14.2 Å². The maximum absolute atomic E-state index is 13.3. The quantitative estimate of drug-likeness (QED) is 0.278. The summed E-state index contributed by atoms with van der Waals surface area (Å²) in [6.45, 7) is 2.00. The highest BCUT2D eigenvalue weighted by Gasteiger charge is 2.40. The summed E-state index contributed by atoms with van der Waals surface area (Å²) >= 11 is 0. The van der Waals surface area contributed by atoms with Crippen molar-refractivity contribution in [2.45, 2.75) is 57.5 Å². The molecule has 0 aliphatic heterocycles. The van der Waals surface area contributed by atoms with Crippen LogP contribution in [-0.2, 0) is 20.6 Å². The average Bonchev–Trinajstić information content (AvgIpc) is 3.08. The Morgan fingerprint density at radius 1 is 1.14 bits per heavy atom. The van der Waals surface area contributed by atoms with Gasteiger partial charge >= 0.3 is 11.9 Å². The fourth-order valence-corrected chi connectivity index (χ4v) is 6.15. The van der Waals surface area contributed by atoms with Gasteiger partial charge in [0.15, 0.2) is 0 Å². The Balaban J connectivity index is 2.20. The van der Waals surface area contributed by atoms with Gasteiger partial charge in [0.2, 0.25) is 7.37 Å². The van der Waals surface area contributed by atoms with Crippen LogP contribution < -0.4 is 0 Å². The second-order valence-electron chi connectivity index (χ2n) is 7.53. The summed E-state index contributed by atoms with van der Waals surface area (Å²) in [5, 5.41) is 19.6. The van der Waals surface area contributed by atoms with Gasteiger partial charge in [-0.2, -0.15) is 0 Å². The Morgan fingerprint density at radius 3 is 2.52 bits per heavy atom. The molecule has 1 aromatic heterocycles. The number of carbonyl (C=O) groups is 2. The third-order valence-electron chi connectivity index (χ3n) is 5.45. The lowest BCUT2D eigenvalue weighted by Crippen LogP contribution is -2.30. The van der Waals surface area contributed by atoms with Crippen LogP contribution in [0.4, 0.5) is 0 Å². The first kappa shape index (κ1) is 23.2. The standard InChI is InChI=1S/C21H30NO6P/c1-2-3-4-9-19(17(21(25)26)10-11-20(23)24)29(27,28)13-12-15-14-22-18-8-6-5-7-16(15)18/h5-8,14,17,19,22H,2-4,9-13H2,1H3,(H,23,24)(H,25,26)(H,27,28). The summed E-state index contributed by atoms with van der Waals surface area (Å²) in [5.41, 5.74) is 0.926. The highest BCUT2D eigenvalue weighted by molar-refractivity contribution is 7.58. The van der Waals surface area contributed by atoms with Crippen molar-refractivity contribution in [1.82, 2.24) is 4.98 Å². The number of aromatic amines is 1. The number of rotatable bonds is 13. The largest absolute Gasteiger partial charge is 0.481 e. The first-order valence-corrected chi connectivity index (χ1v) is 12.0. The molecule has 3 unspecified atom stereocenters. The van der Waals surface area contributed by atoms with Crippen molar-refractivity contribution in [1.29, 1.82) is 0 Å². The fraction of sp³-hybridized carbons (Fsp3) is 0.524. The van der Waals surface area contributed by atoms with Gasteiger partial charge in [0.05, 0.1) is 5.92 Å². The van der Waals surface area contributed by atoms with Gasteiger partial charge in [0, 0.05) is 35.3 Å². The molecule has 160 valence electrons. The van der Waals surface area contributed by atoms with E-state index in [4.69, 9.17) is 5.11 Å². The van der Waals surface area contributed by atoms with Gasteiger partial charge in [-0.15, -0.1) is 0 Å². The maximum atomic E-state index is 13.3. The predicted molar refractivity (Wildman–Crippen MR) is 113 cm³/mol. The van der Waals surface area contributed by atoms with Crippen molar-refractivity contribution in [3.63, 3.8) is 0 Å². The number of hydrogen-bond acceptors (Lipinski definition) is 3. The Morgan fingerprint density at radius 2 is 1.86 bits per heavy atom. The molecule has 0 aliphatic rings. The van der Waals surface area contributed by atoms with Crippen LogP contribution in [-0.4, -0.2) is 43.8 Å². The topological polar surface area (TPSA) is 128 Å². The second kappa shape index (κ2) is 10.6. The summed E-state index contributed by atoms with van der Waals surface area (Å²) in [4.78, 5) is 36.7. The van der Waals surface area contributed by atoms with Crippen molar-refractivity contribution >= 4 is 30.2 Å². The van der Waals surface area contributed by atoms with Crippen molar-refractivity contribution in [2.75, 3.05) is 6.16 Å². The minimum atomic E-state index is -3.82. The Hall–Kier alpha value is -2.11. The molecule has 4 N–H and O–H groups in total. The number of carboxylic acids is 2. The molecule has 0 fully saturated rings. The van der Waals surface area contributed by atoms with Crippen molar-refractivity contribution in [2.24, 2.45) is 5.92 Å². The molecular formula is C21H30NO6P. The van der Waals surface area contributed by atoms with E-state index in [0.717, 1.165) is 29.3 Å². The van der Waals surface area contributed by atoms with Gasteiger partial charge in [-0.05, 0) is 30.9 Å². The molecule has 0 radical (unpaired) electrons. The zero-order chi connectivity index (χ0) is 21.4. The van der Waals surface area contributed by atoms with Crippen LogP contribution in [0.15, 0.2) is 30.5 Å². The van der Waals surface area contributed by atoms with Gasteiger partial charge in [-0.1, -0.05) is 44.4 Å². The third-order valence-corrected chi connectivity index (χ3v) is 7.97. The van der Waals surface area contributed by atoms with Crippen LogP contribution in [0.1, 0.15) is 51.0 Å². The van der Waals surface area contributed by atoms with E-state index in [9.17, 15) is 24.2 Å². The number of fused-ring (bicyclic) bond motifs is 1. The van der Waals surface area contributed by atoms with Gasteiger partial charge in [0.25, 0.3) is 0 Å². The maximum Gasteiger partial charge on any atom is 0.307 e. The van der Waals surface area contributed by atoms with Crippen LogP contribution in [0.3, 0.4) is 0 Å².